The first kappa shape index (κ1) is 16.0. The molecule has 2 aliphatic rings. The van der Waals surface area contributed by atoms with Gasteiger partial charge in [-0.1, -0.05) is 31.4 Å². The summed E-state index contributed by atoms with van der Waals surface area (Å²) in [5.41, 5.74) is 0.111. The van der Waals surface area contributed by atoms with E-state index in [9.17, 15) is 14.0 Å². The van der Waals surface area contributed by atoms with Crippen LogP contribution in [-0.4, -0.2) is 47.8 Å². The molecular weight excluding hydrogens is 295 g/mol. The number of amides is 2. The molecule has 0 atom stereocenters. The molecule has 0 bridgehead atoms. The quantitative estimate of drug-likeness (QED) is 0.841. The smallest absolute Gasteiger partial charge is 0.256 e. The van der Waals surface area contributed by atoms with Gasteiger partial charge in [-0.3, -0.25) is 9.59 Å². The molecule has 2 amide bonds. The standard InChI is InChI=1S/C18H23FN2O2/c19-16-9-5-4-8-15(16)18(23)21-12-10-20(11-13-21)17(22)14-6-2-1-3-7-14/h4-5,8-9,14H,1-3,6-7,10-13H2. The fourth-order valence-corrected chi connectivity index (χ4v) is 3.54. The number of benzene rings is 1. The van der Waals surface area contributed by atoms with Crippen molar-refractivity contribution in [2.75, 3.05) is 26.2 Å². The van der Waals surface area contributed by atoms with Crippen molar-refractivity contribution >= 4 is 11.8 Å². The van der Waals surface area contributed by atoms with E-state index in [0.717, 1.165) is 25.7 Å². The van der Waals surface area contributed by atoms with Gasteiger partial charge in [-0.2, -0.15) is 0 Å². The third-order valence-electron chi connectivity index (χ3n) is 4.94. The summed E-state index contributed by atoms with van der Waals surface area (Å²) < 4.78 is 13.7. The van der Waals surface area contributed by atoms with E-state index in [0.29, 0.717) is 26.2 Å². The highest BCUT2D eigenvalue weighted by Gasteiger charge is 2.30. The van der Waals surface area contributed by atoms with Gasteiger partial charge in [-0.05, 0) is 25.0 Å². The van der Waals surface area contributed by atoms with Crippen molar-refractivity contribution in [1.82, 2.24) is 9.80 Å². The highest BCUT2D eigenvalue weighted by atomic mass is 19.1. The highest BCUT2D eigenvalue weighted by molar-refractivity contribution is 5.94. The molecule has 4 nitrogen and oxygen atoms in total. The van der Waals surface area contributed by atoms with Gasteiger partial charge in [0.1, 0.15) is 5.82 Å². The van der Waals surface area contributed by atoms with E-state index in [-0.39, 0.29) is 23.3 Å². The van der Waals surface area contributed by atoms with Crippen molar-refractivity contribution in [1.29, 1.82) is 0 Å². The van der Waals surface area contributed by atoms with Gasteiger partial charge in [0.2, 0.25) is 5.91 Å². The molecule has 5 heteroatoms. The van der Waals surface area contributed by atoms with Crippen LogP contribution < -0.4 is 0 Å². The maximum atomic E-state index is 13.7. The van der Waals surface area contributed by atoms with Gasteiger partial charge in [0.15, 0.2) is 0 Å². The van der Waals surface area contributed by atoms with Crippen LogP contribution in [0.3, 0.4) is 0 Å². The van der Waals surface area contributed by atoms with E-state index in [4.69, 9.17) is 0 Å². The summed E-state index contributed by atoms with van der Waals surface area (Å²) in [5.74, 6) is -0.369. The lowest BCUT2D eigenvalue weighted by atomic mass is 9.88. The largest absolute Gasteiger partial charge is 0.339 e. The zero-order valence-corrected chi connectivity index (χ0v) is 13.3. The Kier molecular flexibility index (Phi) is 4.94. The van der Waals surface area contributed by atoms with Crippen molar-refractivity contribution in [2.24, 2.45) is 5.92 Å². The molecule has 0 spiro atoms. The van der Waals surface area contributed by atoms with Crippen molar-refractivity contribution in [3.05, 3.63) is 35.6 Å². The molecule has 124 valence electrons. The molecule has 1 aliphatic heterocycles. The first-order valence-corrected chi connectivity index (χ1v) is 8.49. The fraction of sp³-hybridized carbons (Fsp3) is 0.556. The highest BCUT2D eigenvalue weighted by Crippen LogP contribution is 2.26. The second kappa shape index (κ2) is 7.11. The number of hydrogen-bond donors (Lipinski definition) is 0. The van der Waals surface area contributed by atoms with Crippen LogP contribution in [-0.2, 0) is 4.79 Å². The van der Waals surface area contributed by atoms with Gasteiger partial charge in [-0.15, -0.1) is 0 Å². The molecule has 3 rings (SSSR count). The fourth-order valence-electron chi connectivity index (χ4n) is 3.54. The predicted octanol–water partition coefficient (Wildman–Crippen LogP) is 2.69. The first-order chi connectivity index (χ1) is 11.2. The van der Waals surface area contributed by atoms with Gasteiger partial charge in [0.05, 0.1) is 5.56 Å². The van der Waals surface area contributed by atoms with Crippen LogP contribution >= 0.6 is 0 Å². The number of hydrogen-bond acceptors (Lipinski definition) is 2. The van der Waals surface area contributed by atoms with Crippen molar-refractivity contribution < 1.29 is 14.0 Å². The topological polar surface area (TPSA) is 40.6 Å². The summed E-state index contributed by atoms with van der Waals surface area (Å²) in [6.45, 7) is 2.06. The minimum Gasteiger partial charge on any atom is -0.339 e. The number of carbonyl (C=O) groups excluding carboxylic acids is 2. The number of piperazine rings is 1. The Morgan fingerprint density at radius 3 is 2.17 bits per heavy atom. The molecule has 1 aliphatic carbocycles. The van der Waals surface area contributed by atoms with Crippen LogP contribution in [0.25, 0.3) is 0 Å². The van der Waals surface area contributed by atoms with E-state index >= 15 is 0 Å². The monoisotopic (exact) mass is 318 g/mol. The lowest BCUT2D eigenvalue weighted by Gasteiger charge is -2.37. The Morgan fingerprint density at radius 2 is 1.52 bits per heavy atom. The molecule has 23 heavy (non-hydrogen) atoms. The molecule has 1 saturated carbocycles. The molecular formula is C18H23FN2O2. The summed E-state index contributed by atoms with van der Waals surface area (Å²) in [4.78, 5) is 28.4. The minimum atomic E-state index is -0.488. The Bertz CT molecular complexity index is 576. The molecule has 0 N–H and O–H groups in total. The van der Waals surface area contributed by atoms with Crippen LogP contribution in [0.4, 0.5) is 4.39 Å². The maximum Gasteiger partial charge on any atom is 0.256 e. The summed E-state index contributed by atoms with van der Waals surface area (Å²) in [6, 6.07) is 6.05. The van der Waals surface area contributed by atoms with Crippen molar-refractivity contribution in [3.63, 3.8) is 0 Å². The van der Waals surface area contributed by atoms with Crippen LogP contribution in [0.15, 0.2) is 24.3 Å². The number of carbonyl (C=O) groups is 2. The zero-order valence-electron chi connectivity index (χ0n) is 13.3. The molecule has 1 heterocycles. The Balaban J connectivity index is 1.57. The summed E-state index contributed by atoms with van der Waals surface area (Å²) in [7, 11) is 0. The average molecular weight is 318 g/mol. The predicted molar refractivity (Wildman–Crippen MR) is 85.5 cm³/mol. The number of halogens is 1. The number of rotatable bonds is 2. The third-order valence-corrected chi connectivity index (χ3v) is 4.94. The molecule has 1 aromatic rings. The molecule has 0 unspecified atom stereocenters. The van der Waals surface area contributed by atoms with E-state index in [1.54, 1.807) is 17.0 Å². The SMILES string of the molecule is O=C(c1ccccc1F)N1CCN(C(=O)C2CCCCC2)CC1. The zero-order chi connectivity index (χ0) is 16.2. The minimum absolute atomic E-state index is 0.111. The van der Waals surface area contributed by atoms with Gasteiger partial charge in [0.25, 0.3) is 5.91 Å². The summed E-state index contributed by atoms with van der Waals surface area (Å²) in [6.07, 6.45) is 5.50. The van der Waals surface area contributed by atoms with Crippen LogP contribution in [0.1, 0.15) is 42.5 Å². The molecule has 0 aromatic heterocycles. The van der Waals surface area contributed by atoms with E-state index in [2.05, 4.69) is 0 Å². The van der Waals surface area contributed by atoms with Crippen molar-refractivity contribution in [2.45, 2.75) is 32.1 Å². The molecule has 0 radical (unpaired) electrons. The number of nitrogens with zero attached hydrogens (tertiary/aromatic N) is 2. The summed E-state index contributed by atoms with van der Waals surface area (Å²) in [5, 5.41) is 0. The van der Waals surface area contributed by atoms with Crippen LogP contribution in [0.5, 0.6) is 0 Å². The van der Waals surface area contributed by atoms with Gasteiger partial charge >= 0.3 is 0 Å². The van der Waals surface area contributed by atoms with Crippen molar-refractivity contribution in [3.8, 4) is 0 Å². The lowest BCUT2D eigenvalue weighted by molar-refractivity contribution is -0.138. The maximum absolute atomic E-state index is 13.7. The van der Waals surface area contributed by atoms with Gasteiger partial charge in [0, 0.05) is 32.1 Å². The average Bonchev–Trinajstić information content (AvgIpc) is 2.62. The Hall–Kier alpha value is -1.91. The Labute approximate surface area is 136 Å². The van der Waals surface area contributed by atoms with Crippen LogP contribution in [0.2, 0.25) is 0 Å². The first-order valence-electron chi connectivity index (χ1n) is 8.49. The second-order valence-electron chi connectivity index (χ2n) is 6.43. The summed E-state index contributed by atoms with van der Waals surface area (Å²) >= 11 is 0. The van der Waals surface area contributed by atoms with Gasteiger partial charge in [-0.25, -0.2) is 4.39 Å². The van der Waals surface area contributed by atoms with E-state index in [1.807, 2.05) is 4.90 Å². The lowest BCUT2D eigenvalue weighted by Crippen LogP contribution is -2.52. The normalized spacial score (nSPS) is 19.7. The molecule has 1 aromatic carbocycles. The van der Waals surface area contributed by atoms with E-state index < -0.39 is 5.82 Å². The molecule has 2 fully saturated rings. The van der Waals surface area contributed by atoms with E-state index in [1.165, 1.54) is 18.6 Å². The second-order valence-corrected chi connectivity index (χ2v) is 6.43. The third kappa shape index (κ3) is 3.54. The van der Waals surface area contributed by atoms with Gasteiger partial charge < -0.3 is 9.80 Å². The Morgan fingerprint density at radius 1 is 0.913 bits per heavy atom. The molecule has 1 saturated heterocycles. The van der Waals surface area contributed by atoms with Crippen LogP contribution in [0, 0.1) is 11.7 Å².